The van der Waals surface area contributed by atoms with Crippen LogP contribution in [0.15, 0.2) is 65.3 Å². The number of nitrogens with zero attached hydrogens (tertiary/aromatic N) is 4. The van der Waals surface area contributed by atoms with Crippen LogP contribution in [0.25, 0.3) is 11.8 Å². The Kier molecular flexibility index (Phi) is 6.08. The second-order valence-electron chi connectivity index (χ2n) is 9.64. The standard InChI is InChI=1S/C27H21F3N4O3S2/c1-16-13-31-26(38-16)25(35)27-12-17-14-32-34(20-4-2-19(28)3-5-20)24(17)10-18(27)8-9-33(15-27)39(36,37)21-6-7-22(29)23(30)11-21/h2-7,10-11,13-14H,8-9,12,15H2,1H3/t27-/m0/s1. The zero-order valence-electron chi connectivity index (χ0n) is 20.6. The average Bonchev–Trinajstić information content (AvgIpc) is 3.54. The van der Waals surface area contributed by atoms with Crippen LogP contribution < -0.4 is 0 Å². The molecule has 39 heavy (non-hydrogen) atoms. The number of halogens is 3. The number of Topliss-reactive ketones (excluding diaryl/α,β-unsaturated/α-hetero) is 1. The van der Waals surface area contributed by atoms with Crippen LogP contribution in [-0.2, 0) is 16.4 Å². The fourth-order valence-corrected chi connectivity index (χ4v) is 7.58. The van der Waals surface area contributed by atoms with Crippen LogP contribution in [0.5, 0.6) is 0 Å². The Hall–Kier alpha value is -3.61. The molecule has 0 amide bonds. The highest BCUT2D eigenvalue weighted by molar-refractivity contribution is 7.89. The summed E-state index contributed by atoms with van der Waals surface area (Å²) < 4.78 is 70.9. The topological polar surface area (TPSA) is 85.2 Å². The van der Waals surface area contributed by atoms with Crippen LogP contribution in [0.3, 0.4) is 0 Å². The predicted molar refractivity (Wildman–Crippen MR) is 139 cm³/mol. The van der Waals surface area contributed by atoms with E-state index in [1.807, 2.05) is 13.0 Å². The summed E-state index contributed by atoms with van der Waals surface area (Å²) >= 11 is 1.23. The van der Waals surface area contributed by atoms with Crippen molar-refractivity contribution in [3.63, 3.8) is 0 Å². The summed E-state index contributed by atoms with van der Waals surface area (Å²) in [6.45, 7) is 1.67. The van der Waals surface area contributed by atoms with Gasteiger partial charge in [-0.3, -0.25) is 4.79 Å². The summed E-state index contributed by atoms with van der Waals surface area (Å²) in [6.07, 6.45) is 5.47. The van der Waals surface area contributed by atoms with E-state index < -0.39 is 27.1 Å². The second-order valence-corrected chi connectivity index (χ2v) is 12.8. The lowest BCUT2D eigenvalue weighted by Crippen LogP contribution is -2.53. The molecule has 2 aromatic heterocycles. The average molecular weight is 571 g/mol. The molecule has 4 aromatic rings. The maximum Gasteiger partial charge on any atom is 0.243 e. The molecule has 1 saturated heterocycles. The van der Waals surface area contributed by atoms with Crippen molar-refractivity contribution in [2.45, 2.75) is 24.7 Å². The lowest BCUT2D eigenvalue weighted by Gasteiger charge is -2.44. The van der Waals surface area contributed by atoms with Gasteiger partial charge in [-0.2, -0.15) is 9.40 Å². The van der Waals surface area contributed by atoms with Crippen molar-refractivity contribution in [3.05, 3.63) is 99.0 Å². The number of carbonyl (C=O) groups is 1. The number of thiazole rings is 1. The number of hydrogen-bond acceptors (Lipinski definition) is 6. The third kappa shape index (κ3) is 4.23. The largest absolute Gasteiger partial charge is 0.290 e. The summed E-state index contributed by atoms with van der Waals surface area (Å²) in [5.41, 5.74) is 1.55. The van der Waals surface area contributed by atoms with Crippen molar-refractivity contribution >= 4 is 33.2 Å². The van der Waals surface area contributed by atoms with Gasteiger partial charge in [-0.1, -0.05) is 5.57 Å². The first-order valence-electron chi connectivity index (χ1n) is 12.0. The molecule has 0 radical (unpaired) electrons. The van der Waals surface area contributed by atoms with E-state index in [4.69, 9.17) is 0 Å². The second kappa shape index (κ2) is 9.25. The van der Waals surface area contributed by atoms with E-state index in [0.717, 1.165) is 38.1 Å². The number of rotatable bonds is 5. The third-order valence-corrected chi connectivity index (χ3v) is 9.98. The van der Waals surface area contributed by atoms with E-state index in [1.54, 1.807) is 29.2 Å². The summed E-state index contributed by atoms with van der Waals surface area (Å²) in [5, 5.41) is 4.74. The highest BCUT2D eigenvalue weighted by Crippen LogP contribution is 2.47. The minimum absolute atomic E-state index is 0.0408. The number of aryl methyl sites for hydroxylation is 1. The van der Waals surface area contributed by atoms with Crippen molar-refractivity contribution in [3.8, 4) is 5.69 Å². The molecule has 0 bridgehead atoms. The zero-order valence-corrected chi connectivity index (χ0v) is 22.2. The lowest BCUT2D eigenvalue weighted by atomic mass is 9.66. The lowest BCUT2D eigenvalue weighted by molar-refractivity contribution is 0.0775. The SMILES string of the molecule is Cc1cnc(C(=O)[C@]23Cc4cnn(-c5ccc(F)cc5)c4C=C2CCN(S(=O)(=O)c2ccc(F)c(F)c2)C3)s1. The molecule has 0 unspecified atom stereocenters. The Morgan fingerprint density at radius 1 is 1.05 bits per heavy atom. The molecule has 1 fully saturated rings. The first-order chi connectivity index (χ1) is 18.6. The van der Waals surface area contributed by atoms with Crippen molar-refractivity contribution in [2.24, 2.45) is 5.41 Å². The maximum absolute atomic E-state index is 14.1. The number of ketones is 1. The number of aromatic nitrogens is 3. The van der Waals surface area contributed by atoms with Crippen LogP contribution in [0.2, 0.25) is 0 Å². The normalized spacial score (nSPS) is 19.3. The van der Waals surface area contributed by atoms with Gasteiger partial charge >= 0.3 is 0 Å². The van der Waals surface area contributed by atoms with E-state index >= 15 is 0 Å². The predicted octanol–water partition coefficient (Wildman–Crippen LogP) is 4.96. The molecule has 1 aliphatic carbocycles. The van der Waals surface area contributed by atoms with Crippen molar-refractivity contribution in [1.82, 2.24) is 19.1 Å². The van der Waals surface area contributed by atoms with Gasteiger partial charge in [-0.15, -0.1) is 11.3 Å². The Morgan fingerprint density at radius 3 is 2.51 bits per heavy atom. The quantitative estimate of drug-likeness (QED) is 0.317. The van der Waals surface area contributed by atoms with Gasteiger partial charge in [0.1, 0.15) is 5.82 Å². The number of hydrogen-bond donors (Lipinski definition) is 0. The molecule has 200 valence electrons. The van der Waals surface area contributed by atoms with Gasteiger partial charge in [0.2, 0.25) is 15.8 Å². The first kappa shape index (κ1) is 25.7. The number of fused-ring (bicyclic) bond motifs is 2. The van der Waals surface area contributed by atoms with Crippen LogP contribution in [-0.4, -0.2) is 46.4 Å². The molecule has 0 N–H and O–H groups in total. The van der Waals surface area contributed by atoms with Crippen LogP contribution in [0, 0.1) is 29.8 Å². The molecule has 7 nitrogen and oxygen atoms in total. The molecule has 0 saturated carbocycles. The highest BCUT2D eigenvalue weighted by atomic mass is 32.2. The van der Waals surface area contributed by atoms with Crippen molar-refractivity contribution in [1.29, 1.82) is 0 Å². The molecule has 3 heterocycles. The molecule has 2 aliphatic rings. The highest BCUT2D eigenvalue weighted by Gasteiger charge is 2.51. The van der Waals surface area contributed by atoms with E-state index in [-0.39, 0.29) is 47.4 Å². The van der Waals surface area contributed by atoms with Gasteiger partial charge < -0.3 is 0 Å². The molecule has 0 spiro atoms. The molecule has 12 heteroatoms. The van der Waals surface area contributed by atoms with Gasteiger partial charge in [0.05, 0.1) is 27.9 Å². The molecule has 1 aliphatic heterocycles. The van der Waals surface area contributed by atoms with Crippen LogP contribution in [0.1, 0.15) is 32.4 Å². The Morgan fingerprint density at radius 2 is 1.82 bits per heavy atom. The molecule has 6 rings (SSSR count). The summed E-state index contributed by atoms with van der Waals surface area (Å²) in [7, 11) is -4.25. The molecule has 1 atom stereocenters. The zero-order chi connectivity index (χ0) is 27.5. The van der Waals surface area contributed by atoms with Gasteiger partial charge in [-0.05, 0) is 73.9 Å². The molecule has 2 aromatic carbocycles. The number of sulfonamides is 1. The Balaban J connectivity index is 1.45. The Bertz CT molecular complexity index is 1760. The number of piperidine rings is 1. The van der Waals surface area contributed by atoms with Crippen LogP contribution in [0.4, 0.5) is 13.2 Å². The molecular weight excluding hydrogens is 549 g/mol. The summed E-state index contributed by atoms with van der Waals surface area (Å²) in [6, 6.07) is 8.31. The fraction of sp³-hybridized carbons (Fsp3) is 0.222. The minimum Gasteiger partial charge on any atom is -0.290 e. The van der Waals surface area contributed by atoms with E-state index in [2.05, 4.69) is 10.1 Å². The minimum atomic E-state index is -4.25. The molecular formula is C27H21F3N4O3S2. The maximum atomic E-state index is 14.1. The van der Waals surface area contributed by atoms with Gasteiger partial charge in [0.15, 0.2) is 16.6 Å². The first-order valence-corrected chi connectivity index (χ1v) is 14.3. The monoisotopic (exact) mass is 570 g/mol. The van der Waals surface area contributed by atoms with Crippen LogP contribution >= 0.6 is 11.3 Å². The van der Waals surface area contributed by atoms with Crippen molar-refractivity contribution in [2.75, 3.05) is 13.1 Å². The van der Waals surface area contributed by atoms with Gasteiger partial charge in [0.25, 0.3) is 0 Å². The number of benzene rings is 2. The fourth-order valence-electron chi connectivity index (χ4n) is 5.26. The van der Waals surface area contributed by atoms with Crippen molar-refractivity contribution < 1.29 is 26.4 Å². The third-order valence-electron chi connectivity index (χ3n) is 7.23. The Labute approximate surface area is 226 Å². The number of carbonyl (C=O) groups excluding carboxylic acids is 1. The van der Waals surface area contributed by atoms with Gasteiger partial charge in [0, 0.05) is 24.2 Å². The summed E-state index contributed by atoms with van der Waals surface area (Å²) in [4.78, 5) is 18.8. The smallest absolute Gasteiger partial charge is 0.243 e. The van der Waals surface area contributed by atoms with E-state index in [9.17, 15) is 26.4 Å². The van der Waals surface area contributed by atoms with E-state index in [0.29, 0.717) is 11.8 Å². The van der Waals surface area contributed by atoms with Gasteiger partial charge in [-0.25, -0.2) is 31.3 Å². The summed E-state index contributed by atoms with van der Waals surface area (Å²) in [5.74, 6) is -3.11. The van der Waals surface area contributed by atoms with E-state index in [1.165, 1.54) is 23.5 Å².